The first-order chi connectivity index (χ1) is 10.2. The first-order valence-electron chi connectivity index (χ1n) is 7.31. The lowest BCUT2D eigenvalue weighted by Gasteiger charge is -2.18. The summed E-state index contributed by atoms with van der Waals surface area (Å²) >= 11 is 0. The van der Waals surface area contributed by atoms with Gasteiger partial charge < -0.3 is 14.8 Å². The van der Waals surface area contributed by atoms with E-state index in [1.807, 2.05) is 24.0 Å². The fourth-order valence-corrected chi connectivity index (χ4v) is 2.42. The van der Waals surface area contributed by atoms with Crippen LogP contribution in [0.1, 0.15) is 16.8 Å². The zero-order chi connectivity index (χ0) is 14.7. The van der Waals surface area contributed by atoms with Crippen LogP contribution in [0.3, 0.4) is 0 Å². The van der Waals surface area contributed by atoms with E-state index in [2.05, 4.69) is 29.5 Å². The van der Waals surface area contributed by atoms with Crippen LogP contribution in [0.15, 0.2) is 24.4 Å². The molecule has 112 valence electrons. The molecule has 0 bridgehead atoms. The van der Waals surface area contributed by atoms with Crippen molar-refractivity contribution in [3.05, 3.63) is 41.2 Å². The summed E-state index contributed by atoms with van der Waals surface area (Å²) in [4.78, 5) is 0. The van der Waals surface area contributed by atoms with Gasteiger partial charge in [0.05, 0.1) is 6.20 Å². The third-order valence-electron chi connectivity index (χ3n) is 3.85. The predicted molar refractivity (Wildman–Crippen MR) is 80.8 cm³/mol. The average Bonchev–Trinajstić information content (AvgIpc) is 2.83. The highest BCUT2D eigenvalue weighted by molar-refractivity contribution is 5.43. The van der Waals surface area contributed by atoms with Gasteiger partial charge in [-0.25, -0.2) is 0 Å². The van der Waals surface area contributed by atoms with E-state index in [0.29, 0.717) is 13.2 Å². The maximum absolute atomic E-state index is 5.60. The lowest BCUT2D eigenvalue weighted by atomic mass is 10.1. The average molecular weight is 287 g/mol. The van der Waals surface area contributed by atoms with Crippen molar-refractivity contribution in [3.8, 4) is 11.5 Å². The highest BCUT2D eigenvalue weighted by Crippen LogP contribution is 2.30. The third kappa shape index (κ3) is 3.19. The first-order valence-corrected chi connectivity index (χ1v) is 7.31. The van der Waals surface area contributed by atoms with Gasteiger partial charge in [-0.2, -0.15) is 5.10 Å². The van der Waals surface area contributed by atoms with Crippen molar-refractivity contribution in [2.45, 2.75) is 19.9 Å². The molecule has 2 heterocycles. The number of aromatic nitrogens is 2. The van der Waals surface area contributed by atoms with Crippen molar-refractivity contribution < 1.29 is 9.47 Å². The molecule has 3 rings (SSSR count). The zero-order valence-electron chi connectivity index (χ0n) is 12.6. The first kappa shape index (κ1) is 13.9. The van der Waals surface area contributed by atoms with E-state index in [0.717, 1.165) is 31.0 Å². The van der Waals surface area contributed by atoms with Crippen LogP contribution in [0.5, 0.6) is 11.5 Å². The van der Waals surface area contributed by atoms with Gasteiger partial charge in [0, 0.05) is 24.8 Å². The predicted octanol–water partition coefficient (Wildman–Crippen LogP) is 1.83. The maximum atomic E-state index is 5.60. The molecule has 0 atom stereocenters. The van der Waals surface area contributed by atoms with Crippen LogP contribution in [-0.4, -0.2) is 29.5 Å². The molecule has 2 aromatic rings. The van der Waals surface area contributed by atoms with E-state index in [-0.39, 0.29) is 0 Å². The van der Waals surface area contributed by atoms with Crippen LogP contribution in [0.4, 0.5) is 0 Å². The second-order valence-corrected chi connectivity index (χ2v) is 5.28. The molecule has 1 aromatic carbocycles. The molecule has 0 spiro atoms. The Morgan fingerprint density at radius 2 is 2.05 bits per heavy atom. The fourth-order valence-electron chi connectivity index (χ4n) is 2.42. The Bertz CT molecular complexity index is 622. The van der Waals surface area contributed by atoms with Gasteiger partial charge >= 0.3 is 0 Å². The summed E-state index contributed by atoms with van der Waals surface area (Å²) in [5.41, 5.74) is 3.72. The summed E-state index contributed by atoms with van der Waals surface area (Å²) in [6, 6.07) is 6.17. The normalized spacial score (nSPS) is 13.4. The van der Waals surface area contributed by atoms with E-state index in [9.17, 15) is 0 Å². The van der Waals surface area contributed by atoms with Gasteiger partial charge in [-0.05, 0) is 37.6 Å². The topological polar surface area (TPSA) is 48.3 Å². The number of hydrogen-bond acceptors (Lipinski definition) is 4. The minimum atomic E-state index is 0.634. The Kier molecular flexibility index (Phi) is 4.10. The fraction of sp³-hybridized carbons (Fsp3) is 0.438. The minimum absolute atomic E-state index is 0.634. The number of benzene rings is 1. The van der Waals surface area contributed by atoms with E-state index < -0.39 is 0 Å². The summed E-state index contributed by atoms with van der Waals surface area (Å²) < 4.78 is 13.0. The SMILES string of the molecule is Cc1c(CNCCc2ccc3c(c2)OCCO3)cnn1C. The molecule has 0 saturated heterocycles. The number of aryl methyl sites for hydroxylation is 1. The van der Waals surface area contributed by atoms with Crippen molar-refractivity contribution in [2.75, 3.05) is 19.8 Å². The lowest BCUT2D eigenvalue weighted by molar-refractivity contribution is 0.171. The number of nitrogens with one attached hydrogen (secondary N) is 1. The third-order valence-corrected chi connectivity index (χ3v) is 3.85. The molecule has 5 nitrogen and oxygen atoms in total. The van der Waals surface area contributed by atoms with Crippen LogP contribution in [0.2, 0.25) is 0 Å². The number of rotatable bonds is 5. The highest BCUT2D eigenvalue weighted by Gasteiger charge is 2.11. The molecular weight excluding hydrogens is 266 g/mol. The molecule has 0 radical (unpaired) electrons. The monoisotopic (exact) mass is 287 g/mol. The number of fused-ring (bicyclic) bond motifs is 1. The molecule has 21 heavy (non-hydrogen) atoms. The number of nitrogens with zero attached hydrogens (tertiary/aromatic N) is 2. The Labute approximate surface area is 124 Å². The summed E-state index contributed by atoms with van der Waals surface area (Å²) in [6.07, 6.45) is 2.89. The van der Waals surface area contributed by atoms with Crippen molar-refractivity contribution in [1.29, 1.82) is 0 Å². The highest BCUT2D eigenvalue weighted by atomic mass is 16.6. The van der Waals surface area contributed by atoms with Gasteiger partial charge in [0.15, 0.2) is 11.5 Å². The van der Waals surface area contributed by atoms with Crippen molar-refractivity contribution >= 4 is 0 Å². The molecule has 0 saturated carbocycles. The molecular formula is C16H21N3O2. The minimum Gasteiger partial charge on any atom is -0.486 e. The standard InChI is InChI=1S/C16H21N3O2/c1-12-14(11-18-19(12)2)10-17-6-5-13-3-4-15-16(9-13)21-8-7-20-15/h3-4,9,11,17H,5-8,10H2,1-2H3. The molecule has 1 aliphatic rings. The molecule has 1 aromatic heterocycles. The molecule has 0 aliphatic carbocycles. The Balaban J connectivity index is 1.50. The Morgan fingerprint density at radius 3 is 2.81 bits per heavy atom. The van der Waals surface area contributed by atoms with Crippen molar-refractivity contribution in [2.24, 2.45) is 7.05 Å². The molecule has 0 amide bonds. The van der Waals surface area contributed by atoms with Gasteiger partial charge in [0.2, 0.25) is 0 Å². The maximum Gasteiger partial charge on any atom is 0.161 e. The smallest absolute Gasteiger partial charge is 0.161 e. The van der Waals surface area contributed by atoms with Gasteiger partial charge in [0.25, 0.3) is 0 Å². The van der Waals surface area contributed by atoms with Gasteiger partial charge in [0.1, 0.15) is 13.2 Å². The molecule has 5 heteroatoms. The van der Waals surface area contributed by atoms with Crippen molar-refractivity contribution in [1.82, 2.24) is 15.1 Å². The zero-order valence-corrected chi connectivity index (χ0v) is 12.6. The van der Waals surface area contributed by atoms with Crippen LogP contribution in [-0.2, 0) is 20.0 Å². The van der Waals surface area contributed by atoms with Crippen LogP contribution >= 0.6 is 0 Å². The molecule has 0 unspecified atom stereocenters. The lowest BCUT2D eigenvalue weighted by Crippen LogP contribution is -2.18. The van der Waals surface area contributed by atoms with E-state index in [4.69, 9.17) is 9.47 Å². The van der Waals surface area contributed by atoms with Crippen molar-refractivity contribution in [3.63, 3.8) is 0 Å². The summed E-state index contributed by atoms with van der Waals surface area (Å²) in [5.74, 6) is 1.71. The number of hydrogen-bond donors (Lipinski definition) is 1. The quantitative estimate of drug-likeness (QED) is 0.852. The second kappa shape index (κ2) is 6.18. The number of ether oxygens (including phenoxy) is 2. The van der Waals surface area contributed by atoms with Crippen LogP contribution in [0.25, 0.3) is 0 Å². The van der Waals surface area contributed by atoms with Crippen LogP contribution in [0, 0.1) is 6.92 Å². The van der Waals surface area contributed by atoms with Crippen LogP contribution < -0.4 is 14.8 Å². The molecule has 0 fully saturated rings. The van der Waals surface area contributed by atoms with Gasteiger partial charge in [-0.15, -0.1) is 0 Å². The summed E-state index contributed by atoms with van der Waals surface area (Å²) in [5, 5.41) is 7.71. The molecule has 1 N–H and O–H groups in total. The Hall–Kier alpha value is -2.01. The summed E-state index contributed by atoms with van der Waals surface area (Å²) in [6.45, 7) is 5.14. The summed E-state index contributed by atoms with van der Waals surface area (Å²) in [7, 11) is 1.97. The Morgan fingerprint density at radius 1 is 1.24 bits per heavy atom. The van der Waals surface area contributed by atoms with E-state index >= 15 is 0 Å². The van der Waals surface area contributed by atoms with Gasteiger partial charge in [-0.3, -0.25) is 4.68 Å². The largest absolute Gasteiger partial charge is 0.486 e. The van der Waals surface area contributed by atoms with Gasteiger partial charge in [-0.1, -0.05) is 6.07 Å². The molecule has 1 aliphatic heterocycles. The second-order valence-electron chi connectivity index (χ2n) is 5.28. The van der Waals surface area contributed by atoms with E-state index in [1.54, 1.807) is 0 Å². The van der Waals surface area contributed by atoms with E-state index in [1.165, 1.54) is 16.8 Å².